The Kier molecular flexibility index (Phi) is 14.1. The lowest BCUT2D eigenvalue weighted by Gasteiger charge is -2.48. The maximum absolute atomic E-state index is 12.1. The average Bonchev–Trinajstić information content (AvgIpc) is 4.01. The lowest BCUT2D eigenvalue weighted by Crippen LogP contribution is -2.42. The third-order valence-electron chi connectivity index (χ3n) is 15.3. The van der Waals surface area contributed by atoms with Crippen LogP contribution in [-0.2, 0) is 0 Å². The zero-order valence-corrected chi connectivity index (χ0v) is 39.7. The fourth-order valence-corrected chi connectivity index (χ4v) is 17.1. The van der Waals surface area contributed by atoms with Crippen molar-refractivity contribution in [3.63, 3.8) is 0 Å². The predicted molar refractivity (Wildman–Crippen MR) is 264 cm³/mol. The van der Waals surface area contributed by atoms with Crippen LogP contribution in [0.2, 0.25) is 0 Å². The first-order chi connectivity index (χ1) is 29.5. The predicted octanol–water partition coefficient (Wildman–Crippen LogP) is 15.9. The molecule has 0 amide bonds. The SMILES string of the molecule is CC(C)c1cccc(C(C)C)c1C(c1ccccc1)c1cccc(C(c2ccccc2)c2c(C(C)C)cccc2C(C)C)c1P1C(C2CCCC2)CC(O)CC1C1CCCC1. The van der Waals surface area contributed by atoms with Crippen LogP contribution in [0.4, 0.5) is 0 Å². The van der Waals surface area contributed by atoms with Crippen molar-refractivity contribution in [1.29, 1.82) is 0 Å². The summed E-state index contributed by atoms with van der Waals surface area (Å²) < 4.78 is 0. The third kappa shape index (κ3) is 9.00. The van der Waals surface area contributed by atoms with Crippen LogP contribution in [0.1, 0.15) is 211 Å². The Bertz CT molecular complexity index is 1980. The van der Waals surface area contributed by atoms with Gasteiger partial charge in [-0.15, -0.1) is 0 Å². The van der Waals surface area contributed by atoms with Crippen molar-refractivity contribution in [3.05, 3.63) is 171 Å². The summed E-state index contributed by atoms with van der Waals surface area (Å²) >= 11 is 0. The van der Waals surface area contributed by atoms with Crippen LogP contribution in [0.3, 0.4) is 0 Å². The Balaban J connectivity index is 1.55. The maximum atomic E-state index is 12.1. The normalized spacial score (nSPS) is 22.5. The minimum Gasteiger partial charge on any atom is -0.393 e. The summed E-state index contributed by atoms with van der Waals surface area (Å²) in [6.45, 7) is 19.2. The molecule has 0 spiro atoms. The van der Waals surface area contributed by atoms with Gasteiger partial charge in [0, 0.05) is 11.8 Å². The van der Waals surface area contributed by atoms with E-state index in [1.54, 1.807) is 16.4 Å². The van der Waals surface area contributed by atoms with E-state index in [4.69, 9.17) is 0 Å². The molecule has 1 aliphatic heterocycles. The van der Waals surface area contributed by atoms with Gasteiger partial charge < -0.3 is 5.11 Å². The summed E-state index contributed by atoms with van der Waals surface area (Å²) in [6, 6.07) is 45.4. The van der Waals surface area contributed by atoms with Crippen molar-refractivity contribution in [1.82, 2.24) is 0 Å². The lowest BCUT2D eigenvalue weighted by molar-refractivity contribution is 0.131. The summed E-state index contributed by atoms with van der Waals surface area (Å²) in [5.41, 5.74) is 15.9. The first-order valence-corrected chi connectivity index (χ1v) is 26.0. The molecule has 61 heavy (non-hydrogen) atoms. The molecule has 3 aliphatic rings. The molecule has 5 aromatic carbocycles. The minimum absolute atomic E-state index is 0.0938. The van der Waals surface area contributed by atoms with E-state index in [1.165, 1.54) is 95.9 Å². The fourth-order valence-electron chi connectivity index (χ4n) is 12.5. The number of benzene rings is 5. The van der Waals surface area contributed by atoms with E-state index in [2.05, 4.69) is 171 Å². The molecule has 322 valence electrons. The molecule has 2 heteroatoms. The van der Waals surface area contributed by atoms with Crippen LogP contribution in [0.25, 0.3) is 0 Å². The number of aliphatic hydroxyl groups excluding tert-OH is 1. The average molecular weight is 831 g/mol. The second-order valence-electron chi connectivity index (χ2n) is 20.5. The Hall–Kier alpha value is -3.51. The van der Waals surface area contributed by atoms with Crippen molar-refractivity contribution in [2.75, 3.05) is 0 Å². The van der Waals surface area contributed by atoms with E-state index < -0.39 is 7.92 Å². The second kappa shape index (κ2) is 19.5. The van der Waals surface area contributed by atoms with E-state index in [9.17, 15) is 5.11 Å². The molecule has 2 aliphatic carbocycles. The van der Waals surface area contributed by atoms with Gasteiger partial charge in [-0.25, -0.2) is 0 Å². The molecule has 2 saturated carbocycles. The molecule has 4 atom stereocenters. The zero-order chi connectivity index (χ0) is 42.8. The maximum Gasteiger partial charge on any atom is 0.0552 e. The van der Waals surface area contributed by atoms with Gasteiger partial charge in [-0.1, -0.05) is 204 Å². The van der Waals surface area contributed by atoms with Crippen molar-refractivity contribution in [2.45, 2.75) is 173 Å². The minimum atomic E-state index is -0.670. The molecule has 5 aromatic rings. The van der Waals surface area contributed by atoms with Crippen LogP contribution in [-0.4, -0.2) is 22.5 Å². The van der Waals surface area contributed by atoms with Crippen LogP contribution in [0.15, 0.2) is 115 Å². The number of aliphatic hydroxyl groups is 1. The first-order valence-electron chi connectivity index (χ1n) is 24.5. The fraction of sp³-hybridized carbons (Fsp3) is 0.492. The van der Waals surface area contributed by atoms with Gasteiger partial charge in [0.1, 0.15) is 0 Å². The highest BCUT2D eigenvalue weighted by Gasteiger charge is 2.48. The van der Waals surface area contributed by atoms with Crippen LogP contribution in [0, 0.1) is 11.8 Å². The van der Waals surface area contributed by atoms with Crippen LogP contribution in [0.5, 0.6) is 0 Å². The van der Waals surface area contributed by atoms with Gasteiger partial charge in [0.25, 0.3) is 0 Å². The third-order valence-corrected chi connectivity index (χ3v) is 19.0. The molecule has 4 unspecified atom stereocenters. The molecule has 1 N–H and O–H groups in total. The van der Waals surface area contributed by atoms with Gasteiger partial charge in [0.2, 0.25) is 0 Å². The van der Waals surface area contributed by atoms with Crippen molar-refractivity contribution < 1.29 is 5.11 Å². The monoisotopic (exact) mass is 831 g/mol. The van der Waals surface area contributed by atoms with Crippen molar-refractivity contribution in [2.24, 2.45) is 11.8 Å². The highest BCUT2D eigenvalue weighted by molar-refractivity contribution is 7.67. The number of hydrogen-bond acceptors (Lipinski definition) is 1. The van der Waals surface area contributed by atoms with E-state index in [1.807, 2.05) is 0 Å². The van der Waals surface area contributed by atoms with E-state index >= 15 is 0 Å². The van der Waals surface area contributed by atoms with Gasteiger partial charge in [-0.2, -0.15) is 0 Å². The van der Waals surface area contributed by atoms with Crippen LogP contribution >= 0.6 is 7.92 Å². The van der Waals surface area contributed by atoms with E-state index in [-0.39, 0.29) is 17.9 Å². The summed E-state index contributed by atoms with van der Waals surface area (Å²) in [6.07, 6.45) is 12.3. The smallest absolute Gasteiger partial charge is 0.0552 e. The molecule has 1 heterocycles. The van der Waals surface area contributed by atoms with E-state index in [0.717, 1.165) is 12.8 Å². The Morgan fingerprint density at radius 3 is 1.03 bits per heavy atom. The number of hydrogen-bond donors (Lipinski definition) is 1. The van der Waals surface area contributed by atoms with Gasteiger partial charge in [-0.3, -0.25) is 0 Å². The molecular weight excluding hydrogens is 756 g/mol. The first kappa shape index (κ1) is 44.1. The molecule has 8 rings (SSSR count). The van der Waals surface area contributed by atoms with E-state index in [0.29, 0.717) is 46.8 Å². The topological polar surface area (TPSA) is 20.2 Å². The second-order valence-corrected chi connectivity index (χ2v) is 23.1. The molecule has 0 radical (unpaired) electrons. The highest BCUT2D eigenvalue weighted by Crippen LogP contribution is 2.64. The summed E-state index contributed by atoms with van der Waals surface area (Å²) in [5, 5.41) is 13.8. The quantitative estimate of drug-likeness (QED) is 0.0926. The molecule has 3 fully saturated rings. The summed E-state index contributed by atoms with van der Waals surface area (Å²) in [5.74, 6) is 3.12. The van der Waals surface area contributed by atoms with Gasteiger partial charge in [-0.05, 0) is 146 Å². The highest BCUT2D eigenvalue weighted by atomic mass is 31.1. The molecule has 0 bridgehead atoms. The number of rotatable bonds is 13. The molecule has 1 nitrogen and oxygen atoms in total. The Morgan fingerprint density at radius 2 is 0.721 bits per heavy atom. The van der Waals surface area contributed by atoms with Gasteiger partial charge >= 0.3 is 0 Å². The van der Waals surface area contributed by atoms with Crippen LogP contribution < -0.4 is 5.30 Å². The summed E-state index contributed by atoms with van der Waals surface area (Å²) in [7, 11) is -0.670. The Morgan fingerprint density at radius 1 is 0.410 bits per heavy atom. The largest absolute Gasteiger partial charge is 0.393 e. The zero-order valence-electron chi connectivity index (χ0n) is 38.8. The molecule has 0 aromatic heterocycles. The van der Waals surface area contributed by atoms with Crippen molar-refractivity contribution in [3.8, 4) is 0 Å². The summed E-state index contributed by atoms with van der Waals surface area (Å²) in [4.78, 5) is 0. The van der Waals surface area contributed by atoms with Gasteiger partial charge in [0.05, 0.1) is 6.10 Å². The van der Waals surface area contributed by atoms with Crippen molar-refractivity contribution >= 4 is 13.2 Å². The standard InChI is InChI=1S/C59H75OP/c1-38(2)47-30-19-31-48(39(3)4)57(47)55(44-26-11-9-12-27-44)51-34-21-35-52(56(45-28-13-10-14-29-45)58-49(40(5)6)32-20-33-50(58)41(7)8)59(51)61-53(42-22-15-16-23-42)36-46(60)37-54(61)43-24-17-18-25-43/h9-14,19-21,26-35,38-43,46,53-56,60H,15-18,22-25,36-37H2,1-8H3. The molecular formula is C59H75OP. The lowest BCUT2D eigenvalue weighted by atomic mass is 9.73. The molecule has 1 saturated heterocycles. The Labute approximate surface area is 372 Å². The van der Waals surface area contributed by atoms with Gasteiger partial charge in [0.15, 0.2) is 0 Å².